The Morgan fingerprint density at radius 1 is 1.02 bits per heavy atom. The van der Waals surface area contributed by atoms with Gasteiger partial charge in [0.1, 0.15) is 18.0 Å². The first-order valence-electron chi connectivity index (χ1n) is 16.7. The topological polar surface area (TPSA) is 98.1 Å². The Morgan fingerprint density at radius 2 is 1.83 bits per heavy atom. The molecule has 4 heterocycles. The lowest BCUT2D eigenvalue weighted by molar-refractivity contribution is 0.0144. The molecule has 2 fully saturated rings. The molecule has 3 aliphatic heterocycles. The number of rotatable bonds is 7. The monoisotopic (exact) mass is 625 g/mol. The van der Waals surface area contributed by atoms with Crippen molar-refractivity contribution in [2.75, 3.05) is 49.1 Å². The summed E-state index contributed by atoms with van der Waals surface area (Å²) >= 11 is 0. The number of aromatic nitrogens is 2. The summed E-state index contributed by atoms with van der Waals surface area (Å²) in [6.07, 6.45) is 2.90. The van der Waals surface area contributed by atoms with Gasteiger partial charge in [-0.3, -0.25) is 4.90 Å². The van der Waals surface area contributed by atoms with Crippen molar-refractivity contribution in [2.24, 2.45) is 0 Å². The molecule has 10 heteroatoms. The summed E-state index contributed by atoms with van der Waals surface area (Å²) in [4.78, 5) is 32.0. The summed E-state index contributed by atoms with van der Waals surface area (Å²) in [6.45, 7) is 14.7. The number of ether oxygens (including phenoxy) is 2. The lowest BCUT2D eigenvalue weighted by Crippen LogP contribution is -2.56. The van der Waals surface area contributed by atoms with Crippen LogP contribution >= 0.6 is 0 Å². The lowest BCUT2D eigenvalue weighted by atomic mass is 10.0. The third-order valence-electron chi connectivity index (χ3n) is 9.36. The van der Waals surface area contributed by atoms with Crippen molar-refractivity contribution in [2.45, 2.75) is 90.6 Å². The van der Waals surface area contributed by atoms with Gasteiger partial charge in [0, 0.05) is 54.9 Å². The van der Waals surface area contributed by atoms with E-state index < -0.39 is 5.60 Å². The van der Waals surface area contributed by atoms with Gasteiger partial charge in [-0.15, -0.1) is 0 Å². The standard InChI is InChI=1S/C36H47N7O3/c1-25(2)42-18-9-12-28(42)24-45-34-38-31-23-40(32-14-8-11-26-10-6-7-13-29(26)32)19-16-30(31)33(39-34)41-20-21-43(27(22-41)15-17-37)35(44)46-36(3,4)5/h6-8,10-11,13-14,25,27-28H,9,12,15-16,18-24H2,1-5H3/t27?,28-/m0/s1. The minimum Gasteiger partial charge on any atom is -0.462 e. The molecule has 2 saturated heterocycles. The summed E-state index contributed by atoms with van der Waals surface area (Å²) in [5.41, 5.74) is 2.68. The van der Waals surface area contributed by atoms with Gasteiger partial charge in [0.25, 0.3) is 0 Å². The van der Waals surface area contributed by atoms with Crippen molar-refractivity contribution in [1.82, 2.24) is 19.8 Å². The molecule has 0 bridgehead atoms. The Labute approximate surface area is 272 Å². The van der Waals surface area contributed by atoms with Crippen LogP contribution in [0, 0.1) is 11.3 Å². The van der Waals surface area contributed by atoms with Crippen LogP contribution in [-0.4, -0.2) is 88.9 Å². The van der Waals surface area contributed by atoms with E-state index in [-0.39, 0.29) is 18.6 Å². The highest BCUT2D eigenvalue weighted by atomic mass is 16.6. The number of fused-ring (bicyclic) bond motifs is 2. The highest BCUT2D eigenvalue weighted by molar-refractivity contribution is 5.94. The van der Waals surface area contributed by atoms with Crippen LogP contribution in [0.1, 0.15) is 65.1 Å². The molecule has 1 amide bonds. The summed E-state index contributed by atoms with van der Waals surface area (Å²) < 4.78 is 12.1. The maximum Gasteiger partial charge on any atom is 0.410 e. The normalized spacial score (nSPS) is 20.6. The molecule has 3 aliphatic rings. The number of amides is 1. The van der Waals surface area contributed by atoms with E-state index in [2.05, 4.69) is 77.1 Å². The lowest BCUT2D eigenvalue weighted by Gasteiger charge is -2.42. The highest BCUT2D eigenvalue weighted by Gasteiger charge is 2.36. The molecule has 0 aliphatic carbocycles. The number of nitriles is 1. The molecule has 3 aromatic rings. The van der Waals surface area contributed by atoms with Crippen molar-refractivity contribution in [3.63, 3.8) is 0 Å². The van der Waals surface area contributed by atoms with Crippen LogP contribution in [0.4, 0.5) is 16.3 Å². The van der Waals surface area contributed by atoms with Gasteiger partial charge in [-0.05, 0) is 71.9 Å². The van der Waals surface area contributed by atoms with Gasteiger partial charge in [0.05, 0.1) is 30.8 Å². The Hall–Kier alpha value is -4.10. The van der Waals surface area contributed by atoms with Gasteiger partial charge in [-0.1, -0.05) is 36.4 Å². The van der Waals surface area contributed by atoms with Gasteiger partial charge in [0.2, 0.25) is 0 Å². The molecule has 10 nitrogen and oxygen atoms in total. The average molecular weight is 626 g/mol. The minimum atomic E-state index is -0.607. The van der Waals surface area contributed by atoms with E-state index in [1.165, 1.54) is 22.9 Å². The largest absolute Gasteiger partial charge is 0.462 e. The van der Waals surface area contributed by atoms with E-state index in [0.717, 1.165) is 43.0 Å². The third kappa shape index (κ3) is 6.85. The highest BCUT2D eigenvalue weighted by Crippen LogP contribution is 2.35. The Bertz CT molecular complexity index is 1590. The molecule has 2 aromatic carbocycles. The zero-order chi connectivity index (χ0) is 32.4. The number of piperazine rings is 1. The maximum atomic E-state index is 13.1. The van der Waals surface area contributed by atoms with Crippen molar-refractivity contribution in [3.05, 3.63) is 53.7 Å². The molecule has 6 rings (SSSR count). The SMILES string of the molecule is CC(C)N1CCC[C@H]1COc1nc2c(c(N3CCN(C(=O)OC(C)(C)C)C(CC#N)C3)n1)CCN(c1cccc3ccccc13)C2. The number of likely N-dealkylation sites (tertiary alicyclic amines) is 1. The predicted octanol–water partition coefficient (Wildman–Crippen LogP) is 5.78. The van der Waals surface area contributed by atoms with E-state index in [4.69, 9.17) is 19.4 Å². The number of nitrogens with zero attached hydrogens (tertiary/aromatic N) is 7. The number of carbonyl (C=O) groups excluding carboxylic acids is 1. The first-order chi connectivity index (χ1) is 22.1. The quantitative estimate of drug-likeness (QED) is 0.323. The smallest absolute Gasteiger partial charge is 0.410 e. The van der Waals surface area contributed by atoms with Gasteiger partial charge in [-0.2, -0.15) is 15.2 Å². The van der Waals surface area contributed by atoms with Crippen LogP contribution in [0.25, 0.3) is 10.8 Å². The Morgan fingerprint density at radius 3 is 2.61 bits per heavy atom. The molecule has 0 N–H and O–H groups in total. The van der Waals surface area contributed by atoms with Crippen molar-refractivity contribution >= 4 is 28.4 Å². The van der Waals surface area contributed by atoms with Crippen LogP contribution in [0.5, 0.6) is 6.01 Å². The number of hydrogen-bond donors (Lipinski definition) is 0. The zero-order valence-corrected chi connectivity index (χ0v) is 27.9. The molecular formula is C36H47N7O3. The molecular weight excluding hydrogens is 578 g/mol. The van der Waals surface area contributed by atoms with Crippen molar-refractivity contribution in [3.8, 4) is 12.1 Å². The van der Waals surface area contributed by atoms with E-state index in [9.17, 15) is 10.1 Å². The van der Waals surface area contributed by atoms with Crippen LogP contribution in [0.3, 0.4) is 0 Å². The van der Waals surface area contributed by atoms with E-state index >= 15 is 0 Å². The van der Waals surface area contributed by atoms with E-state index in [1.807, 2.05) is 20.8 Å². The van der Waals surface area contributed by atoms with Crippen LogP contribution < -0.4 is 14.5 Å². The van der Waals surface area contributed by atoms with Crippen molar-refractivity contribution in [1.29, 1.82) is 5.26 Å². The van der Waals surface area contributed by atoms with Gasteiger partial charge in [-0.25, -0.2) is 4.79 Å². The third-order valence-corrected chi connectivity index (χ3v) is 9.36. The fraction of sp³-hybridized carbons (Fsp3) is 0.556. The summed E-state index contributed by atoms with van der Waals surface area (Å²) in [6, 6.07) is 18.2. The molecule has 1 aromatic heterocycles. The summed E-state index contributed by atoms with van der Waals surface area (Å²) in [5, 5.41) is 12.1. The van der Waals surface area contributed by atoms with Crippen LogP contribution in [-0.2, 0) is 17.7 Å². The van der Waals surface area contributed by atoms with Gasteiger partial charge < -0.3 is 24.2 Å². The fourth-order valence-corrected chi connectivity index (χ4v) is 7.18. The molecule has 244 valence electrons. The second-order valence-electron chi connectivity index (χ2n) is 14.0. The van der Waals surface area contributed by atoms with E-state index in [0.29, 0.717) is 50.9 Å². The molecule has 1 unspecified atom stereocenters. The Balaban J connectivity index is 1.30. The van der Waals surface area contributed by atoms with Crippen LogP contribution in [0.2, 0.25) is 0 Å². The predicted molar refractivity (Wildman–Crippen MR) is 180 cm³/mol. The molecule has 0 spiro atoms. The first kappa shape index (κ1) is 31.9. The first-order valence-corrected chi connectivity index (χ1v) is 16.7. The minimum absolute atomic E-state index is 0.216. The molecule has 2 atom stereocenters. The number of hydrogen-bond acceptors (Lipinski definition) is 9. The van der Waals surface area contributed by atoms with Gasteiger partial charge in [0.15, 0.2) is 0 Å². The second kappa shape index (κ2) is 13.3. The zero-order valence-electron chi connectivity index (χ0n) is 27.9. The van der Waals surface area contributed by atoms with Crippen molar-refractivity contribution < 1.29 is 14.3 Å². The average Bonchev–Trinajstić information content (AvgIpc) is 3.51. The fourth-order valence-electron chi connectivity index (χ4n) is 7.18. The summed E-state index contributed by atoms with van der Waals surface area (Å²) in [7, 11) is 0. The second-order valence-corrected chi connectivity index (χ2v) is 14.0. The number of anilines is 2. The molecule has 0 radical (unpaired) electrons. The van der Waals surface area contributed by atoms with Crippen LogP contribution in [0.15, 0.2) is 42.5 Å². The van der Waals surface area contributed by atoms with E-state index in [1.54, 1.807) is 4.90 Å². The number of carbonyl (C=O) groups is 1. The summed E-state index contributed by atoms with van der Waals surface area (Å²) in [5.74, 6) is 0.858. The molecule has 46 heavy (non-hydrogen) atoms. The molecule has 0 saturated carbocycles. The van der Waals surface area contributed by atoms with Gasteiger partial charge >= 0.3 is 12.1 Å². The number of benzene rings is 2. The maximum absolute atomic E-state index is 13.1. The Kier molecular flexibility index (Phi) is 9.23.